The molecule has 0 aromatic carbocycles. The van der Waals surface area contributed by atoms with Crippen molar-refractivity contribution in [3.63, 3.8) is 0 Å². The summed E-state index contributed by atoms with van der Waals surface area (Å²) in [6.07, 6.45) is 5.59. The third-order valence-corrected chi connectivity index (χ3v) is 3.21. The van der Waals surface area contributed by atoms with Gasteiger partial charge in [-0.05, 0) is 18.9 Å². The number of carbonyl (C=O) groups is 1. The average molecular weight is 264 g/mol. The maximum atomic E-state index is 11.8. The number of rotatable bonds is 2. The van der Waals surface area contributed by atoms with Crippen LogP contribution in [0.15, 0.2) is 18.5 Å². The van der Waals surface area contributed by atoms with E-state index >= 15 is 0 Å². The molecule has 0 bridgehead atoms. The van der Waals surface area contributed by atoms with Crippen molar-refractivity contribution in [2.75, 3.05) is 6.61 Å². The highest BCUT2D eigenvalue weighted by atomic mass is 16.6. The predicted octanol–water partition coefficient (Wildman–Crippen LogP) is 2.58. The maximum Gasteiger partial charge on any atom is 0.293 e. The standard InChI is InChI=1S/C13H16N2O4/c16-10-4-2-1-3-7-19-13(8-10)11-5-6-14-9-12(11)15(17)18/h5-6,9,13H,1-4,7-8H2/t13-/m1/s1. The number of hydrogen-bond acceptors (Lipinski definition) is 5. The molecule has 2 heterocycles. The number of nitrogens with zero attached hydrogens (tertiary/aromatic N) is 2. The van der Waals surface area contributed by atoms with Gasteiger partial charge in [-0.15, -0.1) is 0 Å². The first-order valence-corrected chi connectivity index (χ1v) is 6.40. The van der Waals surface area contributed by atoms with Gasteiger partial charge in [-0.2, -0.15) is 0 Å². The van der Waals surface area contributed by atoms with Crippen molar-refractivity contribution in [3.8, 4) is 0 Å². The van der Waals surface area contributed by atoms with Crippen molar-refractivity contribution >= 4 is 11.5 Å². The zero-order valence-corrected chi connectivity index (χ0v) is 10.6. The Labute approximate surface area is 110 Å². The smallest absolute Gasteiger partial charge is 0.293 e. The van der Waals surface area contributed by atoms with Crippen LogP contribution in [-0.4, -0.2) is 22.3 Å². The Balaban J connectivity index is 2.26. The number of ether oxygens (including phenoxy) is 1. The lowest BCUT2D eigenvalue weighted by Gasteiger charge is -2.16. The van der Waals surface area contributed by atoms with Crippen LogP contribution in [0.4, 0.5) is 5.69 Å². The van der Waals surface area contributed by atoms with E-state index in [1.807, 2.05) is 0 Å². The van der Waals surface area contributed by atoms with E-state index in [0.29, 0.717) is 18.6 Å². The lowest BCUT2D eigenvalue weighted by atomic mass is 10.0. The molecule has 0 radical (unpaired) electrons. The Kier molecular flexibility index (Phi) is 4.57. The number of pyridine rings is 1. The zero-order chi connectivity index (χ0) is 13.7. The van der Waals surface area contributed by atoms with Crippen LogP contribution in [0.25, 0.3) is 0 Å². The molecule has 1 atom stereocenters. The Bertz CT molecular complexity index is 475. The summed E-state index contributed by atoms with van der Waals surface area (Å²) < 4.78 is 5.66. The maximum absolute atomic E-state index is 11.8. The minimum absolute atomic E-state index is 0.0838. The third-order valence-electron chi connectivity index (χ3n) is 3.21. The molecule has 1 aliphatic heterocycles. The van der Waals surface area contributed by atoms with Gasteiger partial charge in [-0.3, -0.25) is 19.9 Å². The van der Waals surface area contributed by atoms with Gasteiger partial charge in [0, 0.05) is 25.6 Å². The van der Waals surface area contributed by atoms with Crippen molar-refractivity contribution in [3.05, 3.63) is 34.1 Å². The Morgan fingerprint density at radius 2 is 2.21 bits per heavy atom. The highest BCUT2D eigenvalue weighted by Gasteiger charge is 2.25. The second-order valence-corrected chi connectivity index (χ2v) is 4.60. The molecule has 1 aromatic rings. The van der Waals surface area contributed by atoms with Crippen LogP contribution in [0, 0.1) is 10.1 Å². The molecule has 1 fully saturated rings. The number of ketones is 1. The van der Waals surface area contributed by atoms with Gasteiger partial charge in [0.2, 0.25) is 0 Å². The Morgan fingerprint density at radius 1 is 1.37 bits per heavy atom. The van der Waals surface area contributed by atoms with E-state index in [-0.39, 0.29) is 17.9 Å². The number of hydrogen-bond donors (Lipinski definition) is 0. The van der Waals surface area contributed by atoms with Gasteiger partial charge >= 0.3 is 0 Å². The largest absolute Gasteiger partial charge is 0.373 e. The van der Waals surface area contributed by atoms with Gasteiger partial charge in [-0.25, -0.2) is 0 Å². The lowest BCUT2D eigenvalue weighted by molar-refractivity contribution is -0.386. The van der Waals surface area contributed by atoms with E-state index in [1.165, 1.54) is 12.4 Å². The fraction of sp³-hybridized carbons (Fsp3) is 0.538. The van der Waals surface area contributed by atoms with E-state index in [9.17, 15) is 14.9 Å². The zero-order valence-electron chi connectivity index (χ0n) is 10.6. The summed E-state index contributed by atoms with van der Waals surface area (Å²) >= 11 is 0. The molecular weight excluding hydrogens is 248 g/mol. The molecule has 102 valence electrons. The Morgan fingerprint density at radius 3 is 3.00 bits per heavy atom. The normalized spacial score (nSPS) is 21.3. The third kappa shape index (κ3) is 3.57. The second-order valence-electron chi connectivity index (χ2n) is 4.60. The van der Waals surface area contributed by atoms with Crippen molar-refractivity contribution in [2.24, 2.45) is 0 Å². The molecule has 6 nitrogen and oxygen atoms in total. The molecule has 1 saturated heterocycles. The average Bonchev–Trinajstić information content (AvgIpc) is 2.50. The van der Waals surface area contributed by atoms with Crippen LogP contribution in [-0.2, 0) is 9.53 Å². The fourth-order valence-corrected chi connectivity index (χ4v) is 2.22. The molecule has 0 unspecified atom stereocenters. The molecule has 1 aliphatic rings. The predicted molar refractivity (Wildman–Crippen MR) is 67.7 cm³/mol. The van der Waals surface area contributed by atoms with Gasteiger partial charge in [0.25, 0.3) is 5.69 Å². The monoisotopic (exact) mass is 264 g/mol. The molecule has 1 aromatic heterocycles. The number of carbonyl (C=O) groups excluding carboxylic acids is 1. The molecular formula is C13H16N2O4. The van der Waals surface area contributed by atoms with Gasteiger partial charge in [0.1, 0.15) is 12.0 Å². The van der Waals surface area contributed by atoms with Crippen molar-refractivity contribution in [1.82, 2.24) is 4.98 Å². The van der Waals surface area contributed by atoms with Crippen LogP contribution in [0.5, 0.6) is 0 Å². The van der Waals surface area contributed by atoms with E-state index in [1.54, 1.807) is 6.07 Å². The van der Waals surface area contributed by atoms with E-state index in [0.717, 1.165) is 19.3 Å². The molecule has 0 saturated carbocycles. The molecule has 0 N–H and O–H groups in total. The summed E-state index contributed by atoms with van der Waals surface area (Å²) in [7, 11) is 0. The minimum atomic E-state index is -0.533. The first kappa shape index (κ1) is 13.6. The summed E-state index contributed by atoms with van der Waals surface area (Å²) in [5.74, 6) is 0.0954. The first-order chi connectivity index (χ1) is 9.18. The highest BCUT2D eigenvalue weighted by molar-refractivity contribution is 5.79. The van der Waals surface area contributed by atoms with Crippen LogP contribution in [0.3, 0.4) is 0 Å². The highest BCUT2D eigenvalue weighted by Crippen LogP contribution is 2.30. The summed E-state index contributed by atoms with van der Waals surface area (Å²) in [5.41, 5.74) is 0.356. The van der Waals surface area contributed by atoms with Crippen LogP contribution in [0.1, 0.15) is 43.8 Å². The fourth-order valence-electron chi connectivity index (χ4n) is 2.22. The van der Waals surface area contributed by atoms with Crippen molar-refractivity contribution in [1.29, 1.82) is 0 Å². The van der Waals surface area contributed by atoms with Crippen LogP contribution in [0.2, 0.25) is 0 Å². The van der Waals surface area contributed by atoms with Crippen molar-refractivity contribution in [2.45, 2.75) is 38.2 Å². The molecule has 6 heteroatoms. The summed E-state index contributed by atoms with van der Waals surface area (Å²) in [6, 6.07) is 1.56. The van der Waals surface area contributed by atoms with E-state index in [4.69, 9.17) is 4.74 Å². The van der Waals surface area contributed by atoms with Crippen LogP contribution >= 0.6 is 0 Å². The molecule has 0 amide bonds. The van der Waals surface area contributed by atoms with Gasteiger partial charge in [0.15, 0.2) is 0 Å². The van der Waals surface area contributed by atoms with Crippen LogP contribution < -0.4 is 0 Å². The molecule has 0 aliphatic carbocycles. The number of aromatic nitrogens is 1. The second kappa shape index (κ2) is 6.38. The minimum Gasteiger partial charge on any atom is -0.373 e. The molecule has 19 heavy (non-hydrogen) atoms. The summed E-state index contributed by atoms with van der Waals surface area (Å²) in [6.45, 7) is 0.525. The summed E-state index contributed by atoms with van der Waals surface area (Å²) in [4.78, 5) is 26.1. The molecule has 2 rings (SSSR count). The number of Topliss-reactive ketones (excluding diaryl/α,β-unsaturated/α-hetero) is 1. The Hall–Kier alpha value is -1.82. The van der Waals surface area contributed by atoms with Crippen molar-refractivity contribution < 1.29 is 14.5 Å². The topological polar surface area (TPSA) is 82.3 Å². The number of nitro groups is 1. The van der Waals surface area contributed by atoms with Gasteiger partial charge in [0.05, 0.1) is 16.6 Å². The SMILES string of the molecule is O=C1CCCCCO[C@@H](c2ccncc2[N+](=O)[O-])C1. The van der Waals surface area contributed by atoms with Gasteiger partial charge in [-0.1, -0.05) is 6.42 Å². The molecule has 0 spiro atoms. The van der Waals surface area contributed by atoms with Gasteiger partial charge < -0.3 is 4.74 Å². The first-order valence-electron chi connectivity index (χ1n) is 6.40. The van der Waals surface area contributed by atoms with E-state index < -0.39 is 11.0 Å². The quantitative estimate of drug-likeness (QED) is 0.605. The lowest BCUT2D eigenvalue weighted by Crippen LogP contribution is -2.12. The summed E-state index contributed by atoms with van der Waals surface area (Å²) in [5, 5.41) is 11.0. The van der Waals surface area contributed by atoms with E-state index in [2.05, 4.69) is 4.98 Å².